The van der Waals surface area contributed by atoms with Crippen LogP contribution in [0.15, 0.2) is 0 Å². The number of methoxy groups -OCH3 is 1. The van der Waals surface area contributed by atoms with Gasteiger partial charge in [-0.1, -0.05) is 0 Å². The van der Waals surface area contributed by atoms with Crippen LogP contribution in [0.3, 0.4) is 0 Å². The fourth-order valence-corrected chi connectivity index (χ4v) is 0.333. The van der Waals surface area contributed by atoms with Gasteiger partial charge in [0.2, 0.25) is 0 Å². The Balaban J connectivity index is -0.0000000208. The summed E-state index contributed by atoms with van der Waals surface area (Å²) in [7, 11) is 1.67. The van der Waals surface area contributed by atoms with Crippen molar-refractivity contribution in [1.29, 1.82) is 0 Å². The molecule has 0 amide bonds. The smallest absolute Gasteiger partial charge is 1.00 e. The molecule has 0 aliphatic carbocycles. The molecule has 0 fully saturated rings. The van der Waals surface area contributed by atoms with Crippen molar-refractivity contribution in [3.8, 4) is 0 Å². The van der Waals surface area contributed by atoms with Crippen LogP contribution in [0.5, 0.6) is 0 Å². The number of hydrogen-bond acceptors (Lipinski definition) is 2. The van der Waals surface area contributed by atoms with E-state index in [4.69, 9.17) is 3.79 Å². The Bertz CT molecular complexity index is 33.7. The van der Waals surface area contributed by atoms with Gasteiger partial charge in [-0.2, -0.15) is 0 Å². The fraction of sp³-hybridized carbons (Fsp3) is 1.00. The molecule has 4 heteroatoms. The molecule has 7 heavy (non-hydrogen) atoms. The molecular formula is C3H14AlNaO2. The first kappa shape index (κ1) is 11.3. The molecule has 0 unspecified atom stereocenters. The molecule has 0 aromatic heterocycles. The van der Waals surface area contributed by atoms with Gasteiger partial charge < -0.3 is 9.95 Å². The number of rotatable bonds is 3. The largest absolute Gasteiger partial charge is 1.00 e. The zero-order valence-electron chi connectivity index (χ0n) is 6.23. The van der Waals surface area contributed by atoms with E-state index in [1.807, 2.05) is 0 Å². The molecule has 0 rings (SSSR count). The molecule has 0 heterocycles. The summed E-state index contributed by atoms with van der Waals surface area (Å²) in [4.78, 5) is 0. The molecule has 0 aliphatic heterocycles. The molecule has 0 saturated heterocycles. The standard InChI is InChI=1S/C3H7O2.Al.Na.2H2.3H/c1-5-3-2-4;;;;;;;/h2-3H2,1H3;;;2*1H;;;/q-1;2*+1;;;;;-1. The van der Waals surface area contributed by atoms with Gasteiger partial charge in [0.1, 0.15) is 0 Å². The van der Waals surface area contributed by atoms with Crippen LogP contribution < -0.4 is 29.6 Å². The average molecular weight is 132 g/mol. The van der Waals surface area contributed by atoms with E-state index in [2.05, 4.69) is 4.74 Å². The maximum Gasteiger partial charge on any atom is 1.00 e. The molecule has 0 N–H and O–H groups in total. The minimum absolute atomic E-state index is 0. The van der Waals surface area contributed by atoms with E-state index >= 15 is 0 Å². The Labute approximate surface area is 79.1 Å². The summed E-state index contributed by atoms with van der Waals surface area (Å²) in [5.74, 6) is 0. The molecule has 0 aliphatic rings. The van der Waals surface area contributed by atoms with Gasteiger partial charge in [-0.25, -0.2) is 0 Å². The summed E-state index contributed by atoms with van der Waals surface area (Å²) in [6, 6.07) is 0. The Kier molecular flexibility index (Phi) is 16.8. The van der Waals surface area contributed by atoms with Crippen molar-refractivity contribution in [3.05, 3.63) is 0 Å². The van der Waals surface area contributed by atoms with Crippen molar-refractivity contribution in [2.24, 2.45) is 0 Å². The maximum atomic E-state index is 4.80. The molecule has 0 bridgehead atoms. The third-order valence-electron chi connectivity index (χ3n) is 0.492. The van der Waals surface area contributed by atoms with Gasteiger partial charge in [-0.3, -0.25) is 0 Å². The van der Waals surface area contributed by atoms with Crippen LogP contribution in [0, 0.1) is 0 Å². The minimum atomic E-state index is 0. The quantitative estimate of drug-likeness (QED) is 0.297. The van der Waals surface area contributed by atoms with E-state index in [-0.39, 0.29) is 33.8 Å². The van der Waals surface area contributed by atoms with Gasteiger partial charge in [-0.15, -0.1) is 0 Å². The molecule has 0 aromatic rings. The molecular weight excluding hydrogens is 118 g/mol. The Morgan fingerprint density at radius 2 is 2.29 bits per heavy atom. The van der Waals surface area contributed by atoms with Crippen LogP contribution in [0.1, 0.15) is 4.28 Å². The van der Waals surface area contributed by atoms with E-state index in [9.17, 15) is 0 Å². The van der Waals surface area contributed by atoms with Crippen molar-refractivity contribution in [2.45, 2.75) is 0 Å². The zero-order valence-corrected chi connectivity index (χ0v) is 9.23. The first-order valence-corrected chi connectivity index (χ1v) is 2.71. The molecule has 42 valence electrons. The second-order valence-electron chi connectivity index (χ2n) is 0.986. The third-order valence-corrected chi connectivity index (χ3v) is 0.900. The minimum Gasteiger partial charge on any atom is -1.00 e. The predicted octanol–water partition coefficient (Wildman–Crippen LogP) is -3.19. The van der Waals surface area contributed by atoms with Crippen molar-refractivity contribution < 1.29 is 42.4 Å². The number of hydrogen-bond donors (Lipinski definition) is 0. The first-order chi connectivity index (χ1) is 2.91. The molecule has 0 atom stereocenters. The van der Waals surface area contributed by atoms with Crippen molar-refractivity contribution in [3.63, 3.8) is 0 Å². The van der Waals surface area contributed by atoms with Crippen molar-refractivity contribution >= 4 is 16.6 Å². The molecule has 0 aromatic carbocycles. The van der Waals surface area contributed by atoms with E-state index < -0.39 is 0 Å². The summed E-state index contributed by atoms with van der Waals surface area (Å²) >= 11 is 0.823. The predicted molar refractivity (Wildman–Crippen MR) is 31.7 cm³/mol. The molecule has 0 saturated carbocycles. The summed E-state index contributed by atoms with van der Waals surface area (Å²) in [5.41, 5.74) is 0. The monoisotopic (exact) mass is 132 g/mol. The van der Waals surface area contributed by atoms with Crippen LogP contribution in [0.25, 0.3) is 0 Å². The van der Waals surface area contributed by atoms with Gasteiger partial charge in [0, 0.05) is 16.6 Å². The van der Waals surface area contributed by atoms with Crippen molar-refractivity contribution in [1.82, 2.24) is 0 Å². The van der Waals surface area contributed by atoms with Crippen LogP contribution in [-0.4, -0.2) is 36.9 Å². The van der Waals surface area contributed by atoms with Gasteiger partial charge in [0.25, 0.3) is 0 Å². The molecule has 0 radical (unpaired) electrons. The van der Waals surface area contributed by atoms with Crippen LogP contribution in [-0.2, 0) is 8.53 Å². The zero-order chi connectivity index (χ0) is 4.83. The summed E-state index contributed by atoms with van der Waals surface area (Å²) < 4.78 is 9.48. The summed E-state index contributed by atoms with van der Waals surface area (Å²) in [6.45, 7) is 1.48. The first-order valence-electron chi connectivity index (χ1n) is 1.89. The summed E-state index contributed by atoms with van der Waals surface area (Å²) in [6.07, 6.45) is 0. The van der Waals surface area contributed by atoms with E-state index in [0.29, 0.717) is 0 Å². The van der Waals surface area contributed by atoms with Gasteiger partial charge in [0.15, 0.2) is 0 Å². The number of ether oxygens (including phenoxy) is 1. The van der Waals surface area contributed by atoms with Crippen LogP contribution >= 0.6 is 0 Å². The Morgan fingerprint density at radius 1 is 1.71 bits per heavy atom. The third kappa shape index (κ3) is 11.2. The van der Waals surface area contributed by atoms with Crippen molar-refractivity contribution in [2.75, 3.05) is 20.3 Å². The Morgan fingerprint density at radius 3 is 2.43 bits per heavy atom. The topological polar surface area (TPSA) is 18.5 Å². The van der Waals surface area contributed by atoms with Gasteiger partial charge in [-0.05, 0) is 0 Å². The molecule has 0 spiro atoms. The average Bonchev–Trinajstić information content (AvgIpc) is 1.61. The van der Waals surface area contributed by atoms with E-state index in [0.717, 1.165) is 29.8 Å². The normalized spacial score (nSPS) is 7.57. The second kappa shape index (κ2) is 10.4. The SMILES string of the molecule is COCC[O][AlH2].[H-].[HH].[HH].[Na+]. The Hall–Kier alpha value is 1.45. The van der Waals surface area contributed by atoms with E-state index in [1.54, 1.807) is 7.11 Å². The molecule has 2 nitrogen and oxygen atoms in total. The van der Waals surface area contributed by atoms with Gasteiger partial charge >= 0.3 is 46.2 Å². The fourth-order valence-electron chi connectivity index (χ4n) is 0.167. The second-order valence-corrected chi connectivity index (χ2v) is 1.56. The maximum absolute atomic E-state index is 4.80. The van der Waals surface area contributed by atoms with Crippen LogP contribution in [0.2, 0.25) is 0 Å². The summed E-state index contributed by atoms with van der Waals surface area (Å²) in [5, 5.41) is 0. The van der Waals surface area contributed by atoms with Gasteiger partial charge in [0.05, 0.1) is 6.61 Å². The van der Waals surface area contributed by atoms with E-state index in [1.165, 1.54) is 0 Å². The van der Waals surface area contributed by atoms with Crippen LogP contribution in [0.4, 0.5) is 0 Å².